The summed E-state index contributed by atoms with van der Waals surface area (Å²) < 4.78 is 1.73. The highest BCUT2D eigenvalue weighted by Crippen LogP contribution is 2.33. The van der Waals surface area contributed by atoms with E-state index in [9.17, 15) is 0 Å². The van der Waals surface area contributed by atoms with Gasteiger partial charge in [-0.2, -0.15) is 0 Å². The minimum atomic E-state index is 0.120. The van der Waals surface area contributed by atoms with Crippen molar-refractivity contribution in [1.82, 2.24) is 0 Å². The van der Waals surface area contributed by atoms with Crippen LogP contribution in [0.15, 0.2) is 16.6 Å². The maximum absolute atomic E-state index is 9.07. The van der Waals surface area contributed by atoms with E-state index < -0.39 is 0 Å². The summed E-state index contributed by atoms with van der Waals surface area (Å²) in [7, 11) is 0. The number of phenolic OH excluding ortho intramolecular Hbond substituents is 1. The molecular weight excluding hydrogens is 330 g/mol. The van der Waals surface area contributed by atoms with Crippen molar-refractivity contribution in [2.24, 2.45) is 0 Å². The molecule has 4 heteroatoms. The molecule has 1 N–H and O–H groups in total. The number of hydrogen-bond acceptors (Lipinski definition) is 1. The Kier molecular flexibility index (Phi) is 2.82. The van der Waals surface area contributed by atoms with Gasteiger partial charge in [-0.05, 0) is 50.7 Å². The molecule has 0 amide bonds. The van der Waals surface area contributed by atoms with Gasteiger partial charge in [0, 0.05) is 8.04 Å². The molecule has 0 saturated heterocycles. The molecule has 1 aromatic rings. The largest absolute Gasteiger partial charge is 0.506 e. The zero-order valence-corrected chi connectivity index (χ0v) is 9.24. The molecule has 0 aliphatic carbocycles. The maximum Gasteiger partial charge on any atom is 0.135 e. The molecule has 0 fully saturated rings. The van der Waals surface area contributed by atoms with E-state index in [1.54, 1.807) is 12.1 Å². The minimum Gasteiger partial charge on any atom is -0.506 e. The number of phenols is 1. The second-order valence-corrected chi connectivity index (χ2v) is 4.01. The fourth-order valence-corrected chi connectivity index (χ4v) is 1.58. The van der Waals surface area contributed by atoms with Gasteiger partial charge in [0.05, 0.1) is 5.02 Å². The number of halogens is 3. The normalized spacial score (nSPS) is 9.90. The summed E-state index contributed by atoms with van der Waals surface area (Å²) in [6, 6.07) is 3.30. The molecule has 0 aliphatic heterocycles. The lowest BCUT2D eigenvalue weighted by atomic mass is 10.3. The minimum absolute atomic E-state index is 0.120. The molecule has 0 spiro atoms. The lowest BCUT2D eigenvalue weighted by Gasteiger charge is -1.99. The summed E-state index contributed by atoms with van der Waals surface area (Å²) in [5, 5.41) is 9.47. The summed E-state index contributed by atoms with van der Waals surface area (Å²) in [6.45, 7) is 0. The zero-order valence-electron chi connectivity index (χ0n) is 4.74. The first kappa shape index (κ1) is 8.62. The molecule has 54 valence electrons. The fourth-order valence-electron chi connectivity index (χ4n) is 0.516. The van der Waals surface area contributed by atoms with Crippen LogP contribution in [0.3, 0.4) is 0 Å². The lowest BCUT2D eigenvalue weighted by Crippen LogP contribution is -1.76. The molecule has 0 aliphatic rings. The van der Waals surface area contributed by atoms with Crippen molar-refractivity contribution in [3.05, 3.63) is 25.2 Å². The molecule has 1 aromatic carbocycles. The summed E-state index contributed by atoms with van der Waals surface area (Å²) >= 11 is 11.0. The van der Waals surface area contributed by atoms with Gasteiger partial charge in [0.25, 0.3) is 0 Å². The van der Waals surface area contributed by atoms with Gasteiger partial charge in [-0.1, -0.05) is 11.6 Å². The van der Waals surface area contributed by atoms with Crippen molar-refractivity contribution in [2.75, 3.05) is 0 Å². The Morgan fingerprint density at radius 3 is 2.60 bits per heavy atom. The van der Waals surface area contributed by atoms with Crippen LogP contribution >= 0.6 is 50.1 Å². The topological polar surface area (TPSA) is 20.2 Å². The Labute approximate surface area is 85.7 Å². The third-order valence-corrected chi connectivity index (χ3v) is 4.24. The predicted molar refractivity (Wildman–Crippen MR) is 53.5 cm³/mol. The van der Waals surface area contributed by atoms with Crippen LogP contribution in [-0.4, -0.2) is 5.11 Å². The molecule has 0 heterocycles. The smallest absolute Gasteiger partial charge is 0.135 e. The number of benzene rings is 1. The Balaban J connectivity index is 3.34. The van der Waals surface area contributed by atoms with Gasteiger partial charge in [-0.15, -0.1) is 0 Å². The molecule has 1 nitrogen and oxygen atoms in total. The zero-order chi connectivity index (χ0) is 7.72. The second-order valence-electron chi connectivity index (χ2n) is 1.69. The van der Waals surface area contributed by atoms with Gasteiger partial charge in [-0.25, -0.2) is 0 Å². The quantitative estimate of drug-likeness (QED) is 0.570. The highest BCUT2D eigenvalue weighted by atomic mass is 127. The van der Waals surface area contributed by atoms with Crippen LogP contribution in [0.25, 0.3) is 0 Å². The second kappa shape index (κ2) is 3.28. The monoisotopic (exact) mass is 332 g/mol. The summed E-state index contributed by atoms with van der Waals surface area (Å²) in [5.74, 6) is 0.120. The van der Waals surface area contributed by atoms with Gasteiger partial charge in [0.2, 0.25) is 0 Å². The van der Waals surface area contributed by atoms with Crippen LogP contribution in [0.1, 0.15) is 0 Å². The lowest BCUT2D eigenvalue weighted by molar-refractivity contribution is 0.475. The van der Waals surface area contributed by atoms with E-state index in [2.05, 4.69) is 38.5 Å². The highest BCUT2D eigenvalue weighted by Gasteiger charge is 2.05. The van der Waals surface area contributed by atoms with Gasteiger partial charge in [0.1, 0.15) is 5.75 Å². The fraction of sp³-hybridized carbons (Fsp3) is 0. The molecule has 0 aromatic heterocycles. The van der Waals surface area contributed by atoms with Gasteiger partial charge >= 0.3 is 0 Å². The van der Waals surface area contributed by atoms with Crippen LogP contribution in [0.2, 0.25) is 5.02 Å². The Hall–Kier alpha value is 0.520. The van der Waals surface area contributed by atoms with E-state index in [-0.39, 0.29) is 5.75 Å². The van der Waals surface area contributed by atoms with Gasteiger partial charge in [-0.3, -0.25) is 0 Å². The van der Waals surface area contributed by atoms with E-state index in [4.69, 9.17) is 16.7 Å². The average Bonchev–Trinajstić information content (AvgIpc) is 1.93. The molecule has 0 unspecified atom stereocenters. The third-order valence-electron chi connectivity index (χ3n) is 1.01. The Morgan fingerprint density at radius 2 is 2.10 bits per heavy atom. The molecule has 0 saturated carbocycles. The Morgan fingerprint density at radius 1 is 1.50 bits per heavy atom. The average molecular weight is 333 g/mol. The molecule has 0 bridgehead atoms. The first-order valence-electron chi connectivity index (χ1n) is 2.45. The van der Waals surface area contributed by atoms with Crippen molar-refractivity contribution in [2.45, 2.75) is 0 Å². The molecule has 0 atom stereocenters. The van der Waals surface area contributed by atoms with E-state index >= 15 is 0 Å². The third kappa shape index (κ3) is 1.57. The van der Waals surface area contributed by atoms with E-state index in [1.807, 2.05) is 0 Å². The predicted octanol–water partition coefficient (Wildman–Crippen LogP) is 3.41. The molecular formula is C6H3BrClIO. The van der Waals surface area contributed by atoms with Crippen molar-refractivity contribution < 1.29 is 5.11 Å². The van der Waals surface area contributed by atoms with Gasteiger partial charge in [0.15, 0.2) is 0 Å². The standard InChI is InChI=1S/C6H3BrClIO/c7-3-1-2-4(10)5(8)6(3)9/h1-2,10H. The van der Waals surface area contributed by atoms with E-state index in [0.29, 0.717) is 5.02 Å². The summed E-state index contributed by atoms with van der Waals surface area (Å²) in [5.41, 5.74) is 0. The van der Waals surface area contributed by atoms with Crippen molar-refractivity contribution >= 4 is 50.1 Å². The highest BCUT2D eigenvalue weighted by molar-refractivity contribution is 14.1. The van der Waals surface area contributed by atoms with Crippen molar-refractivity contribution in [3.8, 4) is 5.75 Å². The number of aromatic hydroxyl groups is 1. The number of rotatable bonds is 0. The Bertz CT molecular complexity index is 237. The molecule has 10 heavy (non-hydrogen) atoms. The molecule has 1 rings (SSSR count). The molecule has 0 radical (unpaired) electrons. The van der Waals surface area contributed by atoms with E-state index in [1.165, 1.54) is 0 Å². The van der Waals surface area contributed by atoms with E-state index in [0.717, 1.165) is 8.04 Å². The van der Waals surface area contributed by atoms with Crippen LogP contribution in [0.4, 0.5) is 0 Å². The van der Waals surface area contributed by atoms with Crippen LogP contribution in [0.5, 0.6) is 5.75 Å². The SMILES string of the molecule is Oc1ccc(Br)c(I)c1Cl. The first-order chi connectivity index (χ1) is 4.63. The van der Waals surface area contributed by atoms with Crippen LogP contribution in [-0.2, 0) is 0 Å². The number of hydrogen-bond donors (Lipinski definition) is 1. The summed E-state index contributed by atoms with van der Waals surface area (Å²) in [4.78, 5) is 0. The maximum atomic E-state index is 9.07. The van der Waals surface area contributed by atoms with Crippen molar-refractivity contribution in [3.63, 3.8) is 0 Å². The van der Waals surface area contributed by atoms with Crippen molar-refractivity contribution in [1.29, 1.82) is 0 Å². The van der Waals surface area contributed by atoms with Crippen LogP contribution < -0.4 is 0 Å². The van der Waals surface area contributed by atoms with Crippen LogP contribution in [0, 0.1) is 3.57 Å². The first-order valence-corrected chi connectivity index (χ1v) is 4.70. The van der Waals surface area contributed by atoms with Gasteiger partial charge < -0.3 is 5.11 Å². The summed E-state index contributed by atoms with van der Waals surface area (Å²) in [6.07, 6.45) is 0.